The summed E-state index contributed by atoms with van der Waals surface area (Å²) in [4.78, 5) is 0. The molecule has 0 fully saturated rings. The van der Waals surface area contributed by atoms with Gasteiger partial charge in [0.15, 0.2) is 14.0 Å². The summed E-state index contributed by atoms with van der Waals surface area (Å²) in [7, 11) is -2.06. The molecule has 2 aromatic heterocycles. The summed E-state index contributed by atoms with van der Waals surface area (Å²) in [5.74, 6) is 0. The Morgan fingerprint density at radius 2 is 1.23 bits per heavy atom. The van der Waals surface area contributed by atoms with Crippen LogP contribution in [0.15, 0.2) is 103 Å². The predicted octanol–water partition coefficient (Wildman–Crippen LogP) is 8.25. The second-order valence-corrected chi connectivity index (χ2v) is 17.3. The number of nitrogens with zero attached hydrogens (tertiary/aromatic N) is 4. The molecule has 0 bridgehead atoms. The van der Waals surface area contributed by atoms with Gasteiger partial charge >= 0.3 is 0 Å². The molecule has 2 unspecified atom stereocenters. The molecule has 0 saturated carbocycles. The van der Waals surface area contributed by atoms with Crippen LogP contribution < -0.4 is 0 Å². The molecule has 4 aromatic carbocycles. The average molecular weight is 547 g/mol. The molecular formula is C34H38N4OSi. The van der Waals surface area contributed by atoms with Crippen molar-refractivity contribution in [3.8, 4) is 0 Å². The average Bonchev–Trinajstić information content (AvgIpc) is 3.51. The van der Waals surface area contributed by atoms with Crippen molar-refractivity contribution in [1.29, 1.82) is 0 Å². The van der Waals surface area contributed by atoms with Crippen LogP contribution in [0.2, 0.25) is 19.6 Å². The van der Waals surface area contributed by atoms with E-state index in [1.54, 1.807) is 0 Å². The van der Waals surface area contributed by atoms with E-state index < -0.39 is 14.0 Å². The third-order valence-electron chi connectivity index (χ3n) is 7.67. The summed E-state index contributed by atoms with van der Waals surface area (Å²) in [6.45, 7) is 13.7. The number of aromatic nitrogens is 4. The van der Waals surface area contributed by atoms with Gasteiger partial charge in [-0.05, 0) is 54.9 Å². The maximum absolute atomic E-state index is 7.36. The molecule has 5 nitrogen and oxygen atoms in total. The molecule has 0 amide bonds. The number of benzene rings is 4. The molecule has 0 N–H and O–H groups in total. The lowest BCUT2D eigenvalue weighted by Crippen LogP contribution is -2.61. The number of para-hydroxylation sites is 3. The molecule has 2 heterocycles. The first-order valence-corrected chi connectivity index (χ1v) is 17.5. The van der Waals surface area contributed by atoms with Crippen LogP contribution >= 0.6 is 0 Å². The van der Waals surface area contributed by atoms with Gasteiger partial charge in [0, 0.05) is 17.2 Å². The number of rotatable bonds is 7. The van der Waals surface area contributed by atoms with Gasteiger partial charge in [-0.3, -0.25) is 0 Å². The standard InChI is InChI=1S/C34H38N4OSi/c1-33(2,3)32(39-40(4,5)6)34(24-25-16-8-7-9-17-25,38-31-23-15-12-20-28(31)35-36-38)37-29-21-13-10-18-26(29)27-19-11-14-22-30(27)37/h7-23,32H,24H2,1-6H3. The van der Waals surface area contributed by atoms with Crippen molar-refractivity contribution in [3.63, 3.8) is 0 Å². The van der Waals surface area contributed by atoms with Gasteiger partial charge in [0.05, 0.1) is 22.7 Å². The zero-order valence-corrected chi connectivity index (χ0v) is 25.3. The minimum atomic E-state index is -2.06. The Balaban J connectivity index is 1.85. The van der Waals surface area contributed by atoms with Crippen molar-refractivity contribution in [2.24, 2.45) is 5.41 Å². The number of hydrogen-bond donors (Lipinski definition) is 0. The van der Waals surface area contributed by atoms with E-state index in [9.17, 15) is 0 Å². The van der Waals surface area contributed by atoms with Crippen molar-refractivity contribution >= 4 is 41.2 Å². The first kappa shape index (κ1) is 26.5. The first-order chi connectivity index (χ1) is 19.1. The second kappa shape index (κ2) is 9.72. The highest BCUT2D eigenvalue weighted by Gasteiger charge is 2.53. The predicted molar refractivity (Wildman–Crippen MR) is 168 cm³/mol. The molecule has 6 heteroatoms. The van der Waals surface area contributed by atoms with Crippen molar-refractivity contribution in [2.45, 2.75) is 58.6 Å². The third kappa shape index (κ3) is 4.45. The minimum absolute atomic E-state index is 0.240. The zero-order valence-electron chi connectivity index (χ0n) is 24.3. The van der Waals surface area contributed by atoms with E-state index in [1.807, 2.05) is 12.1 Å². The summed E-state index contributed by atoms with van der Waals surface area (Å²) < 4.78 is 12.1. The van der Waals surface area contributed by atoms with Gasteiger partial charge in [0.1, 0.15) is 5.52 Å². The molecule has 2 atom stereocenters. The summed E-state index contributed by atoms with van der Waals surface area (Å²) >= 11 is 0. The minimum Gasteiger partial charge on any atom is -0.410 e. The molecule has 0 spiro atoms. The largest absolute Gasteiger partial charge is 0.410 e. The maximum atomic E-state index is 7.36. The fourth-order valence-electron chi connectivity index (χ4n) is 6.28. The molecule has 0 aliphatic rings. The van der Waals surface area contributed by atoms with E-state index in [0.717, 1.165) is 22.1 Å². The SMILES string of the molecule is CC(C)(C)C(O[Si](C)(C)C)C(Cc1ccccc1)(n1nnc2ccccc21)n1c2ccccc2c2ccccc21. The molecule has 6 rings (SSSR count). The van der Waals surface area contributed by atoms with Crippen LogP contribution in [0, 0.1) is 5.41 Å². The fourth-order valence-corrected chi connectivity index (χ4v) is 7.53. The maximum Gasteiger partial charge on any atom is 0.184 e. The van der Waals surface area contributed by atoms with Gasteiger partial charge in [0.2, 0.25) is 0 Å². The molecule has 0 radical (unpaired) electrons. The highest BCUT2D eigenvalue weighted by Crippen LogP contribution is 2.46. The second-order valence-electron chi connectivity index (χ2n) is 12.9. The summed E-state index contributed by atoms with van der Waals surface area (Å²) in [5, 5.41) is 12.1. The van der Waals surface area contributed by atoms with Gasteiger partial charge in [-0.15, -0.1) is 5.10 Å². The van der Waals surface area contributed by atoms with E-state index in [-0.39, 0.29) is 11.5 Å². The lowest BCUT2D eigenvalue weighted by atomic mass is 9.77. The zero-order chi connectivity index (χ0) is 28.1. The Labute approximate surface area is 237 Å². The Kier molecular flexibility index (Phi) is 6.43. The quantitative estimate of drug-likeness (QED) is 0.189. The van der Waals surface area contributed by atoms with Crippen LogP contribution in [0.1, 0.15) is 26.3 Å². The van der Waals surface area contributed by atoms with Crippen LogP contribution in [0.5, 0.6) is 0 Å². The molecule has 0 saturated heterocycles. The van der Waals surface area contributed by atoms with E-state index in [4.69, 9.17) is 14.7 Å². The van der Waals surface area contributed by atoms with E-state index in [1.165, 1.54) is 16.3 Å². The van der Waals surface area contributed by atoms with Crippen molar-refractivity contribution in [2.75, 3.05) is 0 Å². The Bertz CT molecular complexity index is 1740. The van der Waals surface area contributed by atoms with Gasteiger partial charge in [-0.25, -0.2) is 4.68 Å². The number of hydrogen-bond acceptors (Lipinski definition) is 3. The van der Waals surface area contributed by atoms with Crippen LogP contribution in [0.4, 0.5) is 0 Å². The topological polar surface area (TPSA) is 44.9 Å². The Morgan fingerprint density at radius 3 is 1.80 bits per heavy atom. The molecule has 204 valence electrons. The van der Waals surface area contributed by atoms with Crippen LogP contribution in [-0.4, -0.2) is 34.0 Å². The fraction of sp³-hybridized carbons (Fsp3) is 0.294. The van der Waals surface area contributed by atoms with Crippen molar-refractivity contribution in [3.05, 3.63) is 109 Å². The molecule has 0 aliphatic carbocycles. The lowest BCUT2D eigenvalue weighted by molar-refractivity contribution is -0.0465. The Hall–Kier alpha value is -3.74. The third-order valence-corrected chi connectivity index (χ3v) is 8.61. The van der Waals surface area contributed by atoms with Crippen molar-refractivity contribution < 1.29 is 4.43 Å². The monoisotopic (exact) mass is 546 g/mol. The number of fused-ring (bicyclic) bond motifs is 4. The molecule has 40 heavy (non-hydrogen) atoms. The molecule has 0 aliphatic heterocycles. The highest BCUT2D eigenvalue weighted by molar-refractivity contribution is 6.69. The van der Waals surface area contributed by atoms with Gasteiger partial charge < -0.3 is 8.99 Å². The lowest BCUT2D eigenvalue weighted by Gasteiger charge is -2.50. The van der Waals surface area contributed by atoms with Gasteiger partial charge in [-0.2, -0.15) is 0 Å². The Morgan fingerprint density at radius 1 is 0.700 bits per heavy atom. The van der Waals surface area contributed by atoms with E-state index >= 15 is 0 Å². The van der Waals surface area contributed by atoms with E-state index in [0.29, 0.717) is 6.42 Å². The summed E-state index contributed by atoms with van der Waals surface area (Å²) in [6, 6.07) is 36.5. The summed E-state index contributed by atoms with van der Waals surface area (Å²) in [6.07, 6.45) is 0.437. The van der Waals surface area contributed by atoms with Crippen LogP contribution in [0.3, 0.4) is 0 Å². The molecule has 6 aromatic rings. The smallest absolute Gasteiger partial charge is 0.184 e. The van der Waals surface area contributed by atoms with Crippen molar-refractivity contribution in [1.82, 2.24) is 19.6 Å². The highest BCUT2D eigenvalue weighted by atomic mass is 28.4. The normalized spacial score (nSPS) is 15.1. The van der Waals surface area contributed by atoms with Crippen LogP contribution in [-0.2, 0) is 16.5 Å². The van der Waals surface area contributed by atoms with Crippen LogP contribution in [0.25, 0.3) is 32.8 Å². The van der Waals surface area contributed by atoms with Gasteiger partial charge in [0.25, 0.3) is 0 Å². The molecular weight excluding hydrogens is 508 g/mol. The first-order valence-electron chi connectivity index (χ1n) is 14.1. The van der Waals surface area contributed by atoms with Gasteiger partial charge in [-0.1, -0.05) is 105 Å². The van der Waals surface area contributed by atoms with E-state index in [2.05, 4.69) is 141 Å². The summed E-state index contributed by atoms with van der Waals surface area (Å²) in [5.41, 5.74) is 4.39.